The van der Waals surface area contributed by atoms with Gasteiger partial charge < -0.3 is 5.32 Å². The van der Waals surface area contributed by atoms with E-state index in [1.807, 2.05) is 12.1 Å². The zero-order valence-corrected chi connectivity index (χ0v) is 15.2. The van der Waals surface area contributed by atoms with E-state index in [-0.39, 0.29) is 0 Å². The maximum absolute atomic E-state index is 5.98. The molecular formula is C16H14BrClIN. The number of benzene rings is 2. The van der Waals surface area contributed by atoms with E-state index in [4.69, 9.17) is 11.6 Å². The van der Waals surface area contributed by atoms with Crippen LogP contribution in [0.25, 0.3) is 0 Å². The smallest absolute Gasteiger partial charge is 0.0479 e. The van der Waals surface area contributed by atoms with Crippen LogP contribution in [0.2, 0.25) is 5.02 Å². The normalized spacial score (nSPS) is 21.4. The van der Waals surface area contributed by atoms with Gasteiger partial charge >= 0.3 is 0 Å². The van der Waals surface area contributed by atoms with E-state index in [0.29, 0.717) is 12.0 Å². The van der Waals surface area contributed by atoms with Crippen molar-refractivity contribution in [1.29, 1.82) is 0 Å². The van der Waals surface area contributed by atoms with Crippen molar-refractivity contribution in [1.82, 2.24) is 0 Å². The monoisotopic (exact) mass is 461 g/mol. The predicted molar refractivity (Wildman–Crippen MR) is 97.7 cm³/mol. The summed E-state index contributed by atoms with van der Waals surface area (Å²) in [5.41, 5.74) is 2.62. The molecule has 0 heterocycles. The summed E-state index contributed by atoms with van der Waals surface area (Å²) < 4.78 is 2.35. The standard InChI is InChI=1S/C16H14BrClIN/c17-12-3-1-2-10(6-12)11-7-14(8-11)20-16-5-4-13(18)9-15(16)19/h1-6,9,11,14,20H,7-8H2. The molecule has 0 amide bonds. The number of rotatable bonds is 3. The lowest BCUT2D eigenvalue weighted by molar-refractivity contribution is 0.374. The van der Waals surface area contributed by atoms with Gasteiger partial charge in [0.05, 0.1) is 0 Å². The first-order valence-electron chi connectivity index (χ1n) is 6.59. The maximum atomic E-state index is 5.98. The van der Waals surface area contributed by atoms with E-state index in [1.165, 1.54) is 32.1 Å². The SMILES string of the molecule is Clc1ccc(NC2CC(c3cccc(Br)c3)C2)c(I)c1. The lowest BCUT2D eigenvalue weighted by atomic mass is 9.76. The van der Waals surface area contributed by atoms with Crippen molar-refractivity contribution in [3.8, 4) is 0 Å². The van der Waals surface area contributed by atoms with Gasteiger partial charge in [0, 0.05) is 24.8 Å². The molecule has 3 rings (SSSR count). The van der Waals surface area contributed by atoms with Gasteiger partial charge in [-0.05, 0) is 77.2 Å². The average molecular weight is 463 g/mol. The third-order valence-corrected chi connectivity index (χ3v) is 5.37. The van der Waals surface area contributed by atoms with Crippen LogP contribution in [0.1, 0.15) is 24.3 Å². The summed E-state index contributed by atoms with van der Waals surface area (Å²) in [6.07, 6.45) is 2.38. The lowest BCUT2D eigenvalue weighted by Gasteiger charge is -2.37. The van der Waals surface area contributed by atoms with Gasteiger partial charge in [0.15, 0.2) is 0 Å². The Hall–Kier alpha value is -0.260. The van der Waals surface area contributed by atoms with E-state index in [2.05, 4.69) is 74.2 Å². The van der Waals surface area contributed by atoms with Crippen molar-refractivity contribution < 1.29 is 0 Å². The Kier molecular flexibility index (Phi) is 4.58. The van der Waals surface area contributed by atoms with E-state index < -0.39 is 0 Å². The van der Waals surface area contributed by atoms with Crippen molar-refractivity contribution in [2.24, 2.45) is 0 Å². The quantitative estimate of drug-likeness (QED) is 0.547. The average Bonchev–Trinajstić information content (AvgIpc) is 2.35. The zero-order chi connectivity index (χ0) is 14.1. The number of hydrogen-bond acceptors (Lipinski definition) is 1. The van der Waals surface area contributed by atoms with Crippen LogP contribution in [-0.2, 0) is 0 Å². The zero-order valence-electron chi connectivity index (χ0n) is 10.7. The number of anilines is 1. The minimum absolute atomic E-state index is 0.564. The molecule has 1 fully saturated rings. The van der Waals surface area contributed by atoms with Crippen molar-refractivity contribution >= 4 is 55.8 Å². The molecule has 1 N–H and O–H groups in total. The summed E-state index contributed by atoms with van der Waals surface area (Å²) >= 11 is 11.8. The minimum atomic E-state index is 0.564. The Morgan fingerprint density at radius 3 is 2.65 bits per heavy atom. The molecule has 0 aromatic heterocycles. The van der Waals surface area contributed by atoms with Crippen molar-refractivity contribution in [2.45, 2.75) is 24.8 Å². The largest absolute Gasteiger partial charge is 0.381 e. The van der Waals surface area contributed by atoms with Gasteiger partial charge in [-0.3, -0.25) is 0 Å². The molecule has 0 aliphatic heterocycles. The molecule has 1 saturated carbocycles. The Morgan fingerprint density at radius 1 is 1.15 bits per heavy atom. The van der Waals surface area contributed by atoms with Crippen LogP contribution in [-0.4, -0.2) is 6.04 Å². The van der Waals surface area contributed by atoms with Gasteiger partial charge in [-0.2, -0.15) is 0 Å². The molecule has 0 bridgehead atoms. The summed E-state index contributed by atoms with van der Waals surface area (Å²) in [6.45, 7) is 0. The fourth-order valence-corrected chi connectivity index (χ4v) is 4.04. The van der Waals surface area contributed by atoms with Crippen LogP contribution in [0.4, 0.5) is 5.69 Å². The second-order valence-corrected chi connectivity index (χ2v) is 7.70. The summed E-state index contributed by atoms with van der Waals surface area (Å²) in [6, 6.07) is 15.2. The third kappa shape index (κ3) is 3.31. The van der Waals surface area contributed by atoms with Gasteiger partial charge in [-0.25, -0.2) is 0 Å². The van der Waals surface area contributed by atoms with E-state index >= 15 is 0 Å². The molecule has 0 atom stereocenters. The number of nitrogens with one attached hydrogen (secondary N) is 1. The highest BCUT2D eigenvalue weighted by Crippen LogP contribution is 2.39. The molecule has 0 spiro atoms. The molecule has 2 aromatic rings. The second kappa shape index (κ2) is 6.24. The minimum Gasteiger partial charge on any atom is -0.381 e. The molecule has 2 aromatic carbocycles. The molecule has 104 valence electrons. The molecule has 0 unspecified atom stereocenters. The van der Waals surface area contributed by atoms with Gasteiger partial charge in [0.1, 0.15) is 0 Å². The highest BCUT2D eigenvalue weighted by Gasteiger charge is 2.30. The highest BCUT2D eigenvalue weighted by molar-refractivity contribution is 14.1. The number of halogens is 3. The van der Waals surface area contributed by atoms with Crippen molar-refractivity contribution in [2.75, 3.05) is 5.32 Å². The van der Waals surface area contributed by atoms with Crippen LogP contribution in [0.5, 0.6) is 0 Å². The van der Waals surface area contributed by atoms with Crippen molar-refractivity contribution in [3.63, 3.8) is 0 Å². The molecule has 4 heteroatoms. The first-order valence-corrected chi connectivity index (χ1v) is 8.84. The Morgan fingerprint density at radius 2 is 1.95 bits per heavy atom. The fraction of sp³-hybridized carbons (Fsp3) is 0.250. The Balaban J connectivity index is 1.61. The Labute approximate surface area is 146 Å². The third-order valence-electron chi connectivity index (χ3n) is 3.75. The molecule has 1 aliphatic rings. The summed E-state index contributed by atoms with van der Waals surface area (Å²) in [7, 11) is 0. The molecule has 1 nitrogen and oxygen atoms in total. The van der Waals surface area contributed by atoms with Crippen LogP contribution in [0.15, 0.2) is 46.9 Å². The topological polar surface area (TPSA) is 12.0 Å². The summed E-state index contributed by atoms with van der Waals surface area (Å²) in [5, 5.41) is 4.40. The van der Waals surface area contributed by atoms with E-state index in [9.17, 15) is 0 Å². The highest BCUT2D eigenvalue weighted by atomic mass is 127. The summed E-state index contributed by atoms with van der Waals surface area (Å²) in [5.74, 6) is 0.676. The molecule has 0 radical (unpaired) electrons. The van der Waals surface area contributed by atoms with Crippen LogP contribution >= 0.6 is 50.1 Å². The molecule has 1 aliphatic carbocycles. The maximum Gasteiger partial charge on any atom is 0.0479 e. The molecular weight excluding hydrogens is 448 g/mol. The van der Waals surface area contributed by atoms with Gasteiger partial charge in [-0.15, -0.1) is 0 Å². The fourth-order valence-electron chi connectivity index (χ4n) is 2.59. The van der Waals surface area contributed by atoms with Gasteiger partial charge in [0.25, 0.3) is 0 Å². The summed E-state index contributed by atoms with van der Waals surface area (Å²) in [4.78, 5) is 0. The second-order valence-electron chi connectivity index (χ2n) is 5.19. The van der Waals surface area contributed by atoms with Crippen LogP contribution < -0.4 is 5.32 Å². The van der Waals surface area contributed by atoms with Crippen molar-refractivity contribution in [3.05, 3.63) is 61.1 Å². The molecule has 0 saturated heterocycles. The Bertz CT molecular complexity index is 626. The van der Waals surface area contributed by atoms with Crippen LogP contribution in [0.3, 0.4) is 0 Å². The predicted octanol–water partition coefficient (Wildman–Crippen LogP) is 6.07. The van der Waals surface area contributed by atoms with Gasteiger partial charge in [-0.1, -0.05) is 39.7 Å². The van der Waals surface area contributed by atoms with E-state index in [1.54, 1.807) is 0 Å². The van der Waals surface area contributed by atoms with E-state index in [0.717, 1.165) is 5.02 Å². The first-order chi connectivity index (χ1) is 9.61. The van der Waals surface area contributed by atoms with Crippen LogP contribution in [0, 0.1) is 3.57 Å². The van der Waals surface area contributed by atoms with Gasteiger partial charge in [0.2, 0.25) is 0 Å². The number of hydrogen-bond donors (Lipinski definition) is 1. The molecule has 20 heavy (non-hydrogen) atoms. The first kappa shape index (κ1) is 14.7. The lowest BCUT2D eigenvalue weighted by Crippen LogP contribution is -2.34.